The Morgan fingerprint density at radius 2 is 2.31 bits per heavy atom. The number of rotatable bonds is 3. The van der Waals surface area contributed by atoms with Gasteiger partial charge < -0.3 is 9.64 Å². The quantitative estimate of drug-likeness (QED) is 0.711. The van der Waals surface area contributed by atoms with Gasteiger partial charge in [0, 0.05) is 25.6 Å². The van der Waals surface area contributed by atoms with E-state index < -0.39 is 0 Å². The molecule has 2 unspecified atom stereocenters. The van der Waals surface area contributed by atoms with Gasteiger partial charge in [0.05, 0.1) is 12.5 Å². The molecular formula is C12H20ClNO2. The van der Waals surface area contributed by atoms with Gasteiger partial charge in [-0.15, -0.1) is 11.6 Å². The van der Waals surface area contributed by atoms with Gasteiger partial charge in [0.15, 0.2) is 0 Å². The number of hydrogen-bond donors (Lipinski definition) is 0. The number of carbonyl (C=O) groups is 1. The topological polar surface area (TPSA) is 29.5 Å². The van der Waals surface area contributed by atoms with Crippen molar-refractivity contribution in [2.45, 2.75) is 25.7 Å². The lowest BCUT2D eigenvalue weighted by Crippen LogP contribution is -2.43. The average Bonchev–Trinajstić information content (AvgIpc) is 2.82. The van der Waals surface area contributed by atoms with Crippen molar-refractivity contribution in [3.8, 4) is 0 Å². The second kappa shape index (κ2) is 5.87. The molecule has 2 rings (SSSR count). The van der Waals surface area contributed by atoms with Gasteiger partial charge in [-0.25, -0.2) is 0 Å². The maximum absolute atomic E-state index is 12.2. The van der Waals surface area contributed by atoms with E-state index in [-0.39, 0.29) is 5.92 Å². The number of hydrogen-bond acceptors (Lipinski definition) is 2. The van der Waals surface area contributed by atoms with Gasteiger partial charge in [0.2, 0.25) is 5.91 Å². The summed E-state index contributed by atoms with van der Waals surface area (Å²) < 4.78 is 5.27. The molecule has 4 heteroatoms. The van der Waals surface area contributed by atoms with Gasteiger partial charge >= 0.3 is 0 Å². The number of piperidine rings is 1. The Hall–Kier alpha value is -0.280. The van der Waals surface area contributed by atoms with Crippen LogP contribution in [0.2, 0.25) is 0 Å². The summed E-state index contributed by atoms with van der Waals surface area (Å²) in [5.41, 5.74) is 0. The van der Waals surface area contributed by atoms with Crippen molar-refractivity contribution in [3.63, 3.8) is 0 Å². The highest BCUT2D eigenvalue weighted by atomic mass is 35.5. The number of amides is 1. The summed E-state index contributed by atoms with van der Waals surface area (Å²) in [7, 11) is 0. The van der Waals surface area contributed by atoms with Crippen molar-refractivity contribution in [3.05, 3.63) is 0 Å². The van der Waals surface area contributed by atoms with Crippen molar-refractivity contribution >= 4 is 17.5 Å². The van der Waals surface area contributed by atoms with Crippen LogP contribution >= 0.6 is 11.6 Å². The summed E-state index contributed by atoms with van der Waals surface area (Å²) in [5.74, 6) is 1.74. The molecule has 0 spiro atoms. The van der Waals surface area contributed by atoms with Crippen LogP contribution in [0.15, 0.2) is 0 Å². The van der Waals surface area contributed by atoms with Gasteiger partial charge in [-0.2, -0.15) is 0 Å². The number of ether oxygens (including phenoxy) is 1. The molecule has 2 heterocycles. The molecule has 3 nitrogen and oxygen atoms in total. The predicted octanol–water partition coefficient (Wildman–Crippen LogP) is 1.89. The fraction of sp³-hybridized carbons (Fsp3) is 0.917. The molecule has 0 aromatic heterocycles. The Morgan fingerprint density at radius 3 is 3.00 bits per heavy atom. The summed E-state index contributed by atoms with van der Waals surface area (Å²) >= 11 is 5.77. The van der Waals surface area contributed by atoms with Gasteiger partial charge in [-0.05, 0) is 31.6 Å². The highest BCUT2D eigenvalue weighted by Gasteiger charge is 2.30. The highest BCUT2D eigenvalue weighted by molar-refractivity contribution is 6.17. The van der Waals surface area contributed by atoms with E-state index in [0.29, 0.717) is 24.3 Å². The molecule has 0 aromatic rings. The Balaban J connectivity index is 1.85. The third-order valence-electron chi connectivity index (χ3n) is 3.63. The van der Waals surface area contributed by atoms with E-state index in [2.05, 4.69) is 0 Å². The van der Waals surface area contributed by atoms with Crippen LogP contribution in [0.5, 0.6) is 0 Å². The molecule has 0 N–H and O–H groups in total. The smallest absolute Gasteiger partial charge is 0.228 e. The van der Waals surface area contributed by atoms with Crippen molar-refractivity contribution in [1.82, 2.24) is 4.90 Å². The van der Waals surface area contributed by atoms with E-state index in [9.17, 15) is 4.79 Å². The van der Waals surface area contributed by atoms with E-state index in [1.165, 1.54) is 6.42 Å². The first-order valence-electron chi connectivity index (χ1n) is 6.23. The SMILES string of the molecule is O=C(C1CCOC1)N1CCCC(CCCl)C1. The van der Waals surface area contributed by atoms with Crippen molar-refractivity contribution in [2.24, 2.45) is 11.8 Å². The van der Waals surface area contributed by atoms with Crippen molar-refractivity contribution in [2.75, 3.05) is 32.2 Å². The molecule has 1 amide bonds. The molecule has 2 saturated heterocycles. The Labute approximate surface area is 102 Å². The lowest BCUT2D eigenvalue weighted by atomic mass is 9.94. The zero-order valence-corrected chi connectivity index (χ0v) is 10.4. The fourth-order valence-corrected chi connectivity index (χ4v) is 2.95. The van der Waals surface area contributed by atoms with Crippen molar-refractivity contribution in [1.29, 1.82) is 0 Å². The molecule has 2 aliphatic rings. The minimum atomic E-state index is 0.120. The number of carbonyl (C=O) groups excluding carboxylic acids is 1. The van der Waals surface area contributed by atoms with Crippen LogP contribution in [0.25, 0.3) is 0 Å². The lowest BCUT2D eigenvalue weighted by molar-refractivity contribution is -0.137. The molecule has 0 radical (unpaired) electrons. The second-order valence-corrected chi connectivity index (χ2v) is 5.21. The monoisotopic (exact) mass is 245 g/mol. The van der Waals surface area contributed by atoms with E-state index in [0.717, 1.165) is 39.0 Å². The van der Waals surface area contributed by atoms with Crippen LogP contribution < -0.4 is 0 Å². The summed E-state index contributed by atoms with van der Waals surface area (Å²) in [4.78, 5) is 14.2. The zero-order chi connectivity index (χ0) is 11.4. The Kier molecular flexibility index (Phi) is 4.47. The van der Waals surface area contributed by atoms with Crippen LogP contribution in [0.3, 0.4) is 0 Å². The van der Waals surface area contributed by atoms with Crippen molar-refractivity contribution < 1.29 is 9.53 Å². The number of alkyl halides is 1. The minimum Gasteiger partial charge on any atom is -0.381 e. The van der Waals surface area contributed by atoms with Gasteiger partial charge in [0.1, 0.15) is 0 Å². The second-order valence-electron chi connectivity index (χ2n) is 4.83. The summed E-state index contributed by atoms with van der Waals surface area (Å²) in [6, 6.07) is 0. The Morgan fingerprint density at radius 1 is 1.44 bits per heavy atom. The molecule has 92 valence electrons. The first-order chi connectivity index (χ1) is 7.81. The largest absolute Gasteiger partial charge is 0.381 e. The molecule has 2 aliphatic heterocycles. The number of nitrogens with zero attached hydrogens (tertiary/aromatic N) is 1. The minimum absolute atomic E-state index is 0.120. The zero-order valence-electron chi connectivity index (χ0n) is 9.66. The molecule has 0 aromatic carbocycles. The van der Waals surface area contributed by atoms with Crippen LogP contribution in [0.4, 0.5) is 0 Å². The van der Waals surface area contributed by atoms with Crippen LogP contribution in [0.1, 0.15) is 25.7 Å². The van der Waals surface area contributed by atoms with E-state index in [1.807, 2.05) is 4.90 Å². The van der Waals surface area contributed by atoms with Gasteiger partial charge in [-0.3, -0.25) is 4.79 Å². The highest BCUT2D eigenvalue weighted by Crippen LogP contribution is 2.23. The maximum Gasteiger partial charge on any atom is 0.228 e. The van der Waals surface area contributed by atoms with E-state index >= 15 is 0 Å². The Bertz CT molecular complexity index is 239. The average molecular weight is 246 g/mol. The summed E-state index contributed by atoms with van der Waals surface area (Å²) in [6.45, 7) is 3.20. The molecule has 0 bridgehead atoms. The van der Waals surface area contributed by atoms with E-state index in [1.54, 1.807) is 0 Å². The molecule has 0 aliphatic carbocycles. The maximum atomic E-state index is 12.2. The predicted molar refractivity (Wildman–Crippen MR) is 63.6 cm³/mol. The van der Waals surface area contributed by atoms with Crippen LogP contribution in [0, 0.1) is 11.8 Å². The van der Waals surface area contributed by atoms with Crippen LogP contribution in [-0.2, 0) is 9.53 Å². The number of likely N-dealkylation sites (tertiary alicyclic amines) is 1. The third kappa shape index (κ3) is 2.89. The lowest BCUT2D eigenvalue weighted by Gasteiger charge is -2.34. The molecule has 16 heavy (non-hydrogen) atoms. The number of halogens is 1. The molecular weight excluding hydrogens is 226 g/mol. The van der Waals surface area contributed by atoms with Crippen LogP contribution in [-0.4, -0.2) is 43.0 Å². The van der Waals surface area contributed by atoms with Gasteiger partial charge in [0.25, 0.3) is 0 Å². The summed E-state index contributed by atoms with van der Waals surface area (Å²) in [5, 5.41) is 0. The molecule has 2 atom stereocenters. The van der Waals surface area contributed by atoms with Gasteiger partial charge in [-0.1, -0.05) is 0 Å². The molecule has 0 saturated carbocycles. The standard InChI is InChI=1S/C12H20ClNO2/c13-5-3-10-2-1-6-14(8-10)12(15)11-4-7-16-9-11/h10-11H,1-9H2. The van der Waals surface area contributed by atoms with E-state index in [4.69, 9.17) is 16.3 Å². The summed E-state index contributed by atoms with van der Waals surface area (Å²) in [6.07, 6.45) is 4.28. The fourth-order valence-electron chi connectivity index (χ4n) is 2.64. The first-order valence-corrected chi connectivity index (χ1v) is 6.77. The first kappa shape index (κ1) is 12.2. The molecule has 2 fully saturated rings. The normalized spacial score (nSPS) is 30.7. The third-order valence-corrected chi connectivity index (χ3v) is 3.85.